The predicted octanol–water partition coefficient (Wildman–Crippen LogP) is 4.85. The first-order valence-electron chi connectivity index (χ1n) is 9.51. The van der Waals surface area contributed by atoms with Crippen LogP contribution in [-0.4, -0.2) is 26.6 Å². The third-order valence-corrected chi connectivity index (χ3v) is 5.44. The molecule has 0 unspecified atom stereocenters. The molecule has 0 saturated carbocycles. The minimum atomic E-state index is -4.59. The van der Waals surface area contributed by atoms with Crippen molar-refractivity contribution in [2.45, 2.75) is 19.1 Å². The molecular formula is C21H15BrF3N5O3. The van der Waals surface area contributed by atoms with E-state index in [1.807, 2.05) is 0 Å². The second-order valence-electron chi connectivity index (χ2n) is 7.05. The molecule has 2 amide bonds. The van der Waals surface area contributed by atoms with Gasteiger partial charge in [0, 0.05) is 22.4 Å². The summed E-state index contributed by atoms with van der Waals surface area (Å²) in [5.41, 5.74) is 0.247. The molecule has 0 saturated heterocycles. The predicted molar refractivity (Wildman–Crippen MR) is 115 cm³/mol. The van der Waals surface area contributed by atoms with E-state index in [0.29, 0.717) is 11.1 Å². The highest BCUT2D eigenvalue weighted by Gasteiger charge is 2.33. The molecule has 1 atom stereocenters. The maximum Gasteiger partial charge on any atom is 0.417 e. The Morgan fingerprint density at radius 3 is 2.70 bits per heavy atom. The number of nitrogens with zero attached hydrogens (tertiary/aromatic N) is 3. The zero-order valence-corrected chi connectivity index (χ0v) is 18.4. The normalized spacial score (nSPS) is 12.5. The topological polar surface area (TPSA) is 102 Å². The molecule has 0 fully saturated rings. The fraction of sp³-hybridized carbons (Fsp3) is 0.143. The Kier molecular flexibility index (Phi) is 5.93. The molecule has 3 heterocycles. The third-order valence-electron chi connectivity index (χ3n) is 4.74. The van der Waals surface area contributed by atoms with Gasteiger partial charge in [0.15, 0.2) is 0 Å². The number of pyridine rings is 1. The van der Waals surface area contributed by atoms with Gasteiger partial charge in [-0.05, 0) is 37.3 Å². The van der Waals surface area contributed by atoms with Crippen LogP contribution in [0.15, 0.2) is 63.9 Å². The lowest BCUT2D eigenvalue weighted by molar-refractivity contribution is -0.138. The Hall–Kier alpha value is -3.67. The molecular weight excluding hydrogens is 507 g/mol. The number of fused-ring (bicyclic) bond motifs is 1. The molecule has 0 aliphatic rings. The fourth-order valence-electron chi connectivity index (χ4n) is 3.07. The van der Waals surface area contributed by atoms with Crippen molar-refractivity contribution in [3.63, 3.8) is 0 Å². The zero-order valence-electron chi connectivity index (χ0n) is 16.9. The Morgan fingerprint density at radius 2 is 1.94 bits per heavy atom. The van der Waals surface area contributed by atoms with Crippen molar-refractivity contribution in [2.24, 2.45) is 0 Å². The van der Waals surface area contributed by atoms with Crippen molar-refractivity contribution in [3.05, 3.63) is 81.9 Å². The first-order valence-corrected chi connectivity index (χ1v) is 10.3. The average Bonchev–Trinajstić information content (AvgIpc) is 3.42. The molecule has 4 rings (SSSR count). The number of aromatic nitrogens is 3. The number of nitrogens with one attached hydrogen (secondary N) is 2. The van der Waals surface area contributed by atoms with Crippen molar-refractivity contribution >= 4 is 38.9 Å². The van der Waals surface area contributed by atoms with E-state index in [0.717, 1.165) is 6.07 Å². The molecule has 0 radical (unpaired) electrons. The Balaban J connectivity index is 1.45. The minimum absolute atomic E-state index is 0.0667. The van der Waals surface area contributed by atoms with Crippen molar-refractivity contribution in [1.29, 1.82) is 0 Å². The van der Waals surface area contributed by atoms with Gasteiger partial charge in [-0.15, -0.1) is 0 Å². The van der Waals surface area contributed by atoms with Gasteiger partial charge in [0.25, 0.3) is 11.8 Å². The molecule has 4 aromatic rings. The Bertz CT molecular complexity index is 1350. The summed E-state index contributed by atoms with van der Waals surface area (Å²) >= 11 is 2.84. The Labute approximate surface area is 192 Å². The van der Waals surface area contributed by atoms with Crippen molar-refractivity contribution in [2.75, 3.05) is 5.32 Å². The fourth-order valence-corrected chi connectivity index (χ4v) is 3.54. The average molecular weight is 522 g/mol. The second-order valence-corrected chi connectivity index (χ2v) is 7.90. The summed E-state index contributed by atoms with van der Waals surface area (Å²) in [5.74, 6) is -1.41. The second kappa shape index (κ2) is 8.70. The molecule has 33 heavy (non-hydrogen) atoms. The van der Waals surface area contributed by atoms with Gasteiger partial charge >= 0.3 is 6.18 Å². The van der Waals surface area contributed by atoms with E-state index in [1.165, 1.54) is 24.4 Å². The van der Waals surface area contributed by atoms with Crippen molar-refractivity contribution in [1.82, 2.24) is 20.1 Å². The Morgan fingerprint density at radius 1 is 1.15 bits per heavy atom. The molecule has 12 heteroatoms. The van der Waals surface area contributed by atoms with Gasteiger partial charge in [-0.2, -0.15) is 18.3 Å². The van der Waals surface area contributed by atoms with E-state index in [9.17, 15) is 22.8 Å². The molecule has 0 spiro atoms. The van der Waals surface area contributed by atoms with E-state index < -0.39 is 29.6 Å². The van der Waals surface area contributed by atoms with Crippen LogP contribution in [0.3, 0.4) is 0 Å². The molecule has 0 bridgehead atoms. The van der Waals surface area contributed by atoms with Crippen LogP contribution in [-0.2, 0) is 6.18 Å². The van der Waals surface area contributed by atoms with Crippen LogP contribution >= 0.6 is 15.9 Å². The van der Waals surface area contributed by atoms with Gasteiger partial charge in [-0.1, -0.05) is 27.2 Å². The number of carbonyl (C=O) groups is 2. The number of amides is 2. The molecule has 0 aliphatic carbocycles. The number of carbonyl (C=O) groups excluding carboxylic acids is 2. The van der Waals surface area contributed by atoms with E-state index in [1.54, 1.807) is 35.8 Å². The number of alkyl halides is 3. The number of rotatable bonds is 5. The number of anilines is 1. The molecule has 170 valence electrons. The van der Waals surface area contributed by atoms with E-state index in [-0.39, 0.29) is 21.6 Å². The lowest BCUT2D eigenvalue weighted by Gasteiger charge is -2.11. The summed E-state index contributed by atoms with van der Waals surface area (Å²) in [5, 5.41) is 13.0. The van der Waals surface area contributed by atoms with Crippen LogP contribution in [0.4, 0.5) is 18.9 Å². The summed E-state index contributed by atoms with van der Waals surface area (Å²) < 4.78 is 45.6. The number of hydrogen-bond acceptors (Lipinski definition) is 5. The van der Waals surface area contributed by atoms with E-state index in [4.69, 9.17) is 4.52 Å². The summed E-state index contributed by atoms with van der Waals surface area (Å²) in [4.78, 5) is 25.0. The van der Waals surface area contributed by atoms with Crippen LogP contribution in [0.1, 0.15) is 45.1 Å². The highest BCUT2D eigenvalue weighted by Crippen LogP contribution is 2.36. The third kappa shape index (κ3) is 4.75. The number of hydrogen-bond donors (Lipinski definition) is 2. The molecule has 8 nitrogen and oxygen atoms in total. The van der Waals surface area contributed by atoms with E-state index in [2.05, 4.69) is 36.8 Å². The maximum atomic E-state index is 13.1. The summed E-state index contributed by atoms with van der Waals surface area (Å²) in [7, 11) is 0. The first-order chi connectivity index (χ1) is 15.6. The first kappa shape index (κ1) is 22.5. The molecule has 3 aromatic heterocycles. The zero-order chi connectivity index (χ0) is 23.8. The van der Waals surface area contributed by atoms with Crippen LogP contribution in [0.5, 0.6) is 0 Å². The van der Waals surface area contributed by atoms with Gasteiger partial charge in [-0.25, -0.2) is 4.52 Å². The summed E-state index contributed by atoms with van der Waals surface area (Å²) in [6.07, 6.45) is -1.44. The highest BCUT2D eigenvalue weighted by molar-refractivity contribution is 9.10. The minimum Gasteiger partial charge on any atom is -0.351 e. The van der Waals surface area contributed by atoms with Crippen LogP contribution in [0, 0.1) is 0 Å². The van der Waals surface area contributed by atoms with Gasteiger partial charge in [0.05, 0.1) is 28.9 Å². The van der Waals surface area contributed by atoms with Gasteiger partial charge < -0.3 is 15.2 Å². The van der Waals surface area contributed by atoms with Gasteiger partial charge in [0.2, 0.25) is 5.76 Å². The van der Waals surface area contributed by atoms with Crippen LogP contribution in [0.25, 0.3) is 5.52 Å². The van der Waals surface area contributed by atoms with Crippen LogP contribution < -0.4 is 10.6 Å². The van der Waals surface area contributed by atoms with Crippen molar-refractivity contribution < 1.29 is 27.3 Å². The number of benzene rings is 1. The SMILES string of the molecule is C[C@@H](NC(=O)c1cnn2ccccc12)c1cc(C(=O)Nc2ccc(Br)c(C(F)(F)F)c2)on1. The monoisotopic (exact) mass is 521 g/mol. The van der Waals surface area contributed by atoms with E-state index >= 15 is 0 Å². The molecule has 0 aliphatic heterocycles. The van der Waals surface area contributed by atoms with Crippen LogP contribution in [0.2, 0.25) is 0 Å². The quantitative estimate of drug-likeness (QED) is 0.391. The van der Waals surface area contributed by atoms with Gasteiger partial charge in [-0.3, -0.25) is 9.59 Å². The lowest BCUT2D eigenvalue weighted by Crippen LogP contribution is -2.26. The highest BCUT2D eigenvalue weighted by atomic mass is 79.9. The standard InChI is InChI=1S/C21H15BrF3N5O3/c1-11(27-19(31)13-10-26-30-7-3-2-4-17(13)30)16-9-18(33-29-16)20(32)28-12-5-6-15(22)14(8-12)21(23,24)25/h2-11H,1H3,(H,27,31)(H,28,32)/t11-/m1/s1. The summed E-state index contributed by atoms with van der Waals surface area (Å²) in [6.45, 7) is 1.65. The molecule has 2 N–H and O–H groups in total. The van der Waals surface area contributed by atoms with Gasteiger partial charge in [0.1, 0.15) is 5.69 Å². The smallest absolute Gasteiger partial charge is 0.351 e. The lowest BCUT2D eigenvalue weighted by atomic mass is 10.2. The molecule has 1 aromatic carbocycles. The van der Waals surface area contributed by atoms with Crippen molar-refractivity contribution in [3.8, 4) is 0 Å². The largest absolute Gasteiger partial charge is 0.417 e. The number of halogens is 4. The maximum absolute atomic E-state index is 13.1. The summed E-state index contributed by atoms with van der Waals surface area (Å²) in [6, 6.07) is 9.30.